The molecular weight excluding hydrogens is 292 g/mol. The number of aromatic nitrogens is 2. The third kappa shape index (κ3) is 3.09. The molecule has 0 spiro atoms. The molecule has 22 heavy (non-hydrogen) atoms. The summed E-state index contributed by atoms with van der Waals surface area (Å²) in [5.41, 5.74) is 10.3. The minimum Gasteiger partial charge on any atom is -0.376 e. The lowest BCUT2D eigenvalue weighted by Crippen LogP contribution is -2.37. The number of benzene rings is 2. The van der Waals surface area contributed by atoms with Crippen molar-refractivity contribution >= 4 is 34.3 Å². The SMILES string of the molecule is Cc1cccc(CCN(C(N)=S)c2nc3ccccc3[nH]2)c1. The van der Waals surface area contributed by atoms with E-state index in [0.717, 1.165) is 17.5 Å². The van der Waals surface area contributed by atoms with E-state index in [2.05, 4.69) is 41.2 Å². The number of fused-ring (bicyclic) bond motifs is 1. The molecule has 0 radical (unpaired) electrons. The van der Waals surface area contributed by atoms with E-state index in [4.69, 9.17) is 18.0 Å². The van der Waals surface area contributed by atoms with E-state index in [0.29, 0.717) is 17.6 Å². The van der Waals surface area contributed by atoms with Crippen molar-refractivity contribution in [2.24, 2.45) is 5.73 Å². The Morgan fingerprint density at radius 2 is 2.05 bits per heavy atom. The Morgan fingerprint density at radius 3 is 2.77 bits per heavy atom. The zero-order valence-corrected chi connectivity index (χ0v) is 13.2. The highest BCUT2D eigenvalue weighted by Gasteiger charge is 2.14. The van der Waals surface area contributed by atoms with Crippen LogP contribution in [-0.2, 0) is 6.42 Å². The second-order valence-electron chi connectivity index (χ2n) is 5.31. The first-order chi connectivity index (χ1) is 10.6. The molecule has 3 N–H and O–H groups in total. The molecule has 1 heterocycles. The fraction of sp³-hybridized carbons (Fsp3) is 0.176. The largest absolute Gasteiger partial charge is 0.376 e. The summed E-state index contributed by atoms with van der Waals surface area (Å²) in [6, 6.07) is 16.3. The lowest BCUT2D eigenvalue weighted by molar-refractivity contribution is 0.909. The fourth-order valence-electron chi connectivity index (χ4n) is 2.50. The summed E-state index contributed by atoms with van der Waals surface area (Å²) in [5, 5.41) is 0.326. The first kappa shape index (κ1) is 14.5. The number of thiocarbonyl (C=S) groups is 1. The quantitative estimate of drug-likeness (QED) is 0.727. The van der Waals surface area contributed by atoms with Crippen LogP contribution in [0.1, 0.15) is 11.1 Å². The molecule has 0 aliphatic carbocycles. The van der Waals surface area contributed by atoms with Crippen molar-refractivity contribution < 1.29 is 0 Å². The van der Waals surface area contributed by atoms with Crippen LogP contribution in [0.2, 0.25) is 0 Å². The number of hydrogen-bond acceptors (Lipinski definition) is 2. The maximum atomic E-state index is 5.88. The highest BCUT2D eigenvalue weighted by Crippen LogP contribution is 2.17. The van der Waals surface area contributed by atoms with Gasteiger partial charge in [0.05, 0.1) is 11.0 Å². The highest BCUT2D eigenvalue weighted by atomic mass is 32.1. The summed E-state index contributed by atoms with van der Waals surface area (Å²) in [6.45, 7) is 2.78. The molecule has 4 nitrogen and oxygen atoms in total. The third-order valence-electron chi connectivity index (χ3n) is 3.61. The number of aryl methyl sites for hydroxylation is 1. The van der Waals surface area contributed by atoms with Gasteiger partial charge in [0.1, 0.15) is 0 Å². The molecule has 2 aromatic carbocycles. The molecule has 0 atom stereocenters. The van der Waals surface area contributed by atoms with Gasteiger partial charge < -0.3 is 10.7 Å². The Bertz CT molecular complexity index is 776. The number of H-pyrrole nitrogens is 1. The molecule has 112 valence electrons. The topological polar surface area (TPSA) is 57.9 Å². The van der Waals surface area contributed by atoms with Gasteiger partial charge in [-0.05, 0) is 43.3 Å². The molecule has 5 heteroatoms. The van der Waals surface area contributed by atoms with Gasteiger partial charge in [0.15, 0.2) is 5.11 Å². The average Bonchev–Trinajstić information content (AvgIpc) is 2.90. The smallest absolute Gasteiger partial charge is 0.210 e. The van der Waals surface area contributed by atoms with Crippen molar-refractivity contribution in [3.05, 3.63) is 59.7 Å². The van der Waals surface area contributed by atoms with Crippen molar-refractivity contribution in [3.8, 4) is 0 Å². The zero-order valence-electron chi connectivity index (χ0n) is 12.4. The number of aromatic amines is 1. The van der Waals surface area contributed by atoms with Crippen LogP contribution in [0.5, 0.6) is 0 Å². The lowest BCUT2D eigenvalue weighted by atomic mass is 10.1. The maximum Gasteiger partial charge on any atom is 0.210 e. The fourth-order valence-corrected chi connectivity index (χ4v) is 2.67. The van der Waals surface area contributed by atoms with Crippen LogP contribution in [-0.4, -0.2) is 21.6 Å². The average molecular weight is 310 g/mol. The Balaban J connectivity index is 1.82. The number of nitrogens with one attached hydrogen (secondary N) is 1. The van der Waals surface area contributed by atoms with Crippen molar-refractivity contribution in [1.29, 1.82) is 0 Å². The van der Waals surface area contributed by atoms with Crippen LogP contribution in [0, 0.1) is 6.92 Å². The van der Waals surface area contributed by atoms with E-state index in [1.54, 1.807) is 0 Å². The molecule has 0 saturated heterocycles. The van der Waals surface area contributed by atoms with Crippen LogP contribution < -0.4 is 10.6 Å². The maximum absolute atomic E-state index is 5.88. The molecule has 0 aliphatic heterocycles. The number of para-hydroxylation sites is 2. The van der Waals surface area contributed by atoms with Gasteiger partial charge in [-0.2, -0.15) is 0 Å². The van der Waals surface area contributed by atoms with Crippen LogP contribution in [0.25, 0.3) is 11.0 Å². The van der Waals surface area contributed by atoms with E-state index < -0.39 is 0 Å². The van der Waals surface area contributed by atoms with E-state index in [9.17, 15) is 0 Å². The predicted molar refractivity (Wildman–Crippen MR) is 95.1 cm³/mol. The Morgan fingerprint density at radius 1 is 1.23 bits per heavy atom. The molecule has 0 fully saturated rings. The van der Waals surface area contributed by atoms with Crippen LogP contribution >= 0.6 is 12.2 Å². The summed E-state index contributed by atoms with van der Waals surface area (Å²) >= 11 is 5.19. The van der Waals surface area contributed by atoms with Crippen molar-refractivity contribution in [2.75, 3.05) is 11.4 Å². The Kier molecular flexibility index (Phi) is 4.06. The van der Waals surface area contributed by atoms with Gasteiger partial charge in [0.25, 0.3) is 0 Å². The van der Waals surface area contributed by atoms with Gasteiger partial charge >= 0.3 is 0 Å². The van der Waals surface area contributed by atoms with Crippen LogP contribution in [0.15, 0.2) is 48.5 Å². The molecule has 0 aliphatic rings. The van der Waals surface area contributed by atoms with Gasteiger partial charge in [-0.25, -0.2) is 4.98 Å². The second kappa shape index (κ2) is 6.15. The Hall–Kier alpha value is -2.40. The van der Waals surface area contributed by atoms with Gasteiger partial charge in [-0.1, -0.05) is 42.0 Å². The van der Waals surface area contributed by atoms with Gasteiger partial charge in [0.2, 0.25) is 5.95 Å². The number of nitrogens with two attached hydrogens (primary N) is 1. The normalized spacial score (nSPS) is 10.8. The number of imidazole rings is 1. The number of nitrogens with zero attached hydrogens (tertiary/aromatic N) is 2. The number of hydrogen-bond donors (Lipinski definition) is 2. The van der Waals surface area contributed by atoms with Crippen molar-refractivity contribution in [1.82, 2.24) is 9.97 Å². The minimum absolute atomic E-state index is 0.326. The van der Waals surface area contributed by atoms with Crippen molar-refractivity contribution in [3.63, 3.8) is 0 Å². The van der Waals surface area contributed by atoms with E-state index in [1.165, 1.54) is 11.1 Å². The standard InChI is InChI=1S/C17H18N4S/c1-12-5-4-6-13(11-12)9-10-21(16(18)22)17-19-14-7-2-3-8-15(14)20-17/h2-8,11H,9-10H2,1H3,(H2,18,22)(H,19,20). The third-order valence-corrected chi connectivity index (χ3v) is 3.83. The monoisotopic (exact) mass is 310 g/mol. The summed E-state index contributed by atoms with van der Waals surface area (Å²) in [7, 11) is 0. The molecule has 0 amide bonds. The van der Waals surface area contributed by atoms with Crippen LogP contribution in [0.4, 0.5) is 5.95 Å². The summed E-state index contributed by atoms with van der Waals surface area (Å²) in [6.07, 6.45) is 0.857. The summed E-state index contributed by atoms with van der Waals surface area (Å²) in [5.74, 6) is 0.696. The first-order valence-electron chi connectivity index (χ1n) is 7.21. The van der Waals surface area contributed by atoms with Crippen LogP contribution in [0.3, 0.4) is 0 Å². The summed E-state index contributed by atoms with van der Waals surface area (Å²) in [4.78, 5) is 9.68. The first-order valence-corrected chi connectivity index (χ1v) is 7.61. The molecule has 3 rings (SSSR count). The van der Waals surface area contributed by atoms with E-state index in [-0.39, 0.29) is 0 Å². The van der Waals surface area contributed by atoms with E-state index in [1.807, 2.05) is 29.2 Å². The van der Waals surface area contributed by atoms with E-state index >= 15 is 0 Å². The molecule has 0 unspecified atom stereocenters. The highest BCUT2D eigenvalue weighted by molar-refractivity contribution is 7.80. The number of rotatable bonds is 4. The van der Waals surface area contributed by atoms with Gasteiger partial charge in [-0.3, -0.25) is 4.90 Å². The molecule has 1 aromatic heterocycles. The van der Waals surface area contributed by atoms with Crippen molar-refractivity contribution in [2.45, 2.75) is 13.3 Å². The molecular formula is C17H18N4S. The Labute approximate surface area is 135 Å². The predicted octanol–water partition coefficient (Wildman–Crippen LogP) is 3.16. The molecule has 0 saturated carbocycles. The second-order valence-corrected chi connectivity index (χ2v) is 5.72. The minimum atomic E-state index is 0.326. The van der Waals surface area contributed by atoms with Gasteiger partial charge in [-0.15, -0.1) is 0 Å². The molecule has 0 bridgehead atoms. The summed E-state index contributed by atoms with van der Waals surface area (Å²) < 4.78 is 0. The lowest BCUT2D eigenvalue weighted by Gasteiger charge is -2.19. The van der Waals surface area contributed by atoms with Gasteiger partial charge in [0, 0.05) is 6.54 Å². The molecule has 3 aromatic rings. The zero-order chi connectivity index (χ0) is 15.5. The number of anilines is 1.